The number of aromatic nitrogens is 1. The Bertz CT molecular complexity index is 654. The molecule has 19 heavy (non-hydrogen) atoms. The Morgan fingerprint density at radius 3 is 2.63 bits per heavy atom. The number of aromatic carboxylic acids is 1. The van der Waals surface area contributed by atoms with Gasteiger partial charge in [0.2, 0.25) is 0 Å². The van der Waals surface area contributed by atoms with E-state index in [0.717, 1.165) is 0 Å². The van der Waals surface area contributed by atoms with E-state index in [4.69, 9.17) is 16.7 Å². The van der Waals surface area contributed by atoms with Crippen molar-refractivity contribution in [3.8, 4) is 0 Å². The van der Waals surface area contributed by atoms with Crippen LogP contribution in [0.3, 0.4) is 0 Å². The van der Waals surface area contributed by atoms with Gasteiger partial charge in [-0.1, -0.05) is 11.6 Å². The molecule has 0 saturated heterocycles. The van der Waals surface area contributed by atoms with E-state index in [1.54, 1.807) is 12.1 Å². The molecule has 0 spiro atoms. The van der Waals surface area contributed by atoms with Crippen LogP contribution >= 0.6 is 27.5 Å². The maximum atomic E-state index is 11.8. The molecule has 3 N–H and O–H groups in total. The van der Waals surface area contributed by atoms with Gasteiger partial charge in [-0.2, -0.15) is 0 Å². The molecule has 0 fully saturated rings. The third kappa shape index (κ3) is 3.15. The Kier molecular flexibility index (Phi) is 3.92. The number of H-pyrrole nitrogens is 1. The van der Waals surface area contributed by atoms with Gasteiger partial charge in [0.15, 0.2) is 0 Å². The van der Waals surface area contributed by atoms with Crippen LogP contribution in [0.2, 0.25) is 5.02 Å². The summed E-state index contributed by atoms with van der Waals surface area (Å²) in [4.78, 5) is 25.5. The van der Waals surface area contributed by atoms with Gasteiger partial charge in [-0.05, 0) is 40.2 Å². The van der Waals surface area contributed by atoms with Gasteiger partial charge in [-0.3, -0.25) is 4.79 Å². The smallest absolute Gasteiger partial charge is 0.336 e. The Labute approximate surface area is 121 Å². The zero-order valence-electron chi connectivity index (χ0n) is 9.41. The number of benzene rings is 1. The Morgan fingerprint density at radius 1 is 1.32 bits per heavy atom. The SMILES string of the molecule is O=C(Nc1ccc(Br)c(C(=O)O)c1)c1cc(Cl)c[nH]1. The van der Waals surface area contributed by atoms with Crippen LogP contribution in [0.25, 0.3) is 0 Å². The number of hydrogen-bond acceptors (Lipinski definition) is 2. The van der Waals surface area contributed by atoms with Gasteiger partial charge in [0.1, 0.15) is 5.69 Å². The lowest BCUT2D eigenvalue weighted by Crippen LogP contribution is -2.12. The highest BCUT2D eigenvalue weighted by Crippen LogP contribution is 2.21. The number of rotatable bonds is 3. The summed E-state index contributed by atoms with van der Waals surface area (Å²) in [5, 5.41) is 12.0. The topological polar surface area (TPSA) is 82.2 Å². The first kappa shape index (κ1) is 13.6. The molecule has 98 valence electrons. The number of carbonyl (C=O) groups excluding carboxylic acids is 1. The van der Waals surface area contributed by atoms with E-state index in [1.807, 2.05) is 0 Å². The van der Waals surface area contributed by atoms with Crippen molar-refractivity contribution < 1.29 is 14.7 Å². The molecule has 0 radical (unpaired) electrons. The highest BCUT2D eigenvalue weighted by molar-refractivity contribution is 9.10. The van der Waals surface area contributed by atoms with Crippen molar-refractivity contribution in [2.75, 3.05) is 5.32 Å². The van der Waals surface area contributed by atoms with Crippen LogP contribution in [-0.4, -0.2) is 22.0 Å². The molecule has 0 aliphatic heterocycles. The summed E-state index contributed by atoms with van der Waals surface area (Å²) in [7, 11) is 0. The van der Waals surface area contributed by atoms with E-state index in [0.29, 0.717) is 20.9 Å². The lowest BCUT2D eigenvalue weighted by atomic mass is 10.2. The molecule has 0 aliphatic carbocycles. The molecule has 0 aliphatic rings. The minimum Gasteiger partial charge on any atom is -0.478 e. The van der Waals surface area contributed by atoms with Crippen LogP contribution in [0.5, 0.6) is 0 Å². The van der Waals surface area contributed by atoms with E-state index in [-0.39, 0.29) is 5.56 Å². The number of carbonyl (C=O) groups is 2. The van der Waals surface area contributed by atoms with Gasteiger partial charge < -0.3 is 15.4 Å². The molecule has 1 amide bonds. The van der Waals surface area contributed by atoms with Crippen molar-refractivity contribution in [2.24, 2.45) is 0 Å². The summed E-state index contributed by atoms with van der Waals surface area (Å²) in [6, 6.07) is 6.00. The number of hydrogen-bond donors (Lipinski definition) is 3. The fraction of sp³-hybridized carbons (Fsp3) is 0. The average molecular weight is 344 g/mol. The van der Waals surface area contributed by atoms with Crippen molar-refractivity contribution >= 4 is 45.1 Å². The third-order valence-corrected chi connectivity index (χ3v) is 3.26. The van der Waals surface area contributed by atoms with E-state index in [9.17, 15) is 9.59 Å². The van der Waals surface area contributed by atoms with Crippen molar-refractivity contribution in [3.63, 3.8) is 0 Å². The van der Waals surface area contributed by atoms with Crippen LogP contribution in [0.15, 0.2) is 34.9 Å². The molecule has 1 aromatic carbocycles. The quantitative estimate of drug-likeness (QED) is 0.799. The first-order chi connectivity index (χ1) is 8.97. The lowest BCUT2D eigenvalue weighted by Gasteiger charge is -2.06. The van der Waals surface area contributed by atoms with Crippen molar-refractivity contribution in [2.45, 2.75) is 0 Å². The van der Waals surface area contributed by atoms with E-state index in [1.165, 1.54) is 18.3 Å². The number of carboxylic acids is 1. The highest BCUT2D eigenvalue weighted by Gasteiger charge is 2.12. The van der Waals surface area contributed by atoms with Crippen LogP contribution < -0.4 is 5.32 Å². The minimum absolute atomic E-state index is 0.0716. The molecular formula is C12H8BrClN2O3. The summed E-state index contributed by atoms with van der Waals surface area (Å²) >= 11 is 8.83. The maximum Gasteiger partial charge on any atom is 0.336 e. The first-order valence-electron chi connectivity index (χ1n) is 5.15. The number of nitrogens with one attached hydrogen (secondary N) is 2. The second-order valence-corrected chi connectivity index (χ2v) is 4.98. The normalized spacial score (nSPS) is 10.2. The van der Waals surface area contributed by atoms with Gasteiger partial charge in [0.25, 0.3) is 5.91 Å². The predicted molar refractivity (Wildman–Crippen MR) is 74.9 cm³/mol. The number of anilines is 1. The zero-order valence-corrected chi connectivity index (χ0v) is 11.7. The van der Waals surface area contributed by atoms with Crippen molar-refractivity contribution in [3.05, 3.63) is 51.2 Å². The largest absolute Gasteiger partial charge is 0.478 e. The van der Waals surface area contributed by atoms with Crippen molar-refractivity contribution in [1.29, 1.82) is 0 Å². The van der Waals surface area contributed by atoms with E-state index >= 15 is 0 Å². The number of halogens is 2. The molecule has 0 bridgehead atoms. The highest BCUT2D eigenvalue weighted by atomic mass is 79.9. The van der Waals surface area contributed by atoms with Crippen LogP contribution in [-0.2, 0) is 0 Å². The third-order valence-electron chi connectivity index (χ3n) is 2.35. The Morgan fingerprint density at radius 2 is 2.05 bits per heavy atom. The lowest BCUT2D eigenvalue weighted by molar-refractivity contribution is 0.0695. The van der Waals surface area contributed by atoms with Crippen LogP contribution in [0.4, 0.5) is 5.69 Å². The molecule has 2 aromatic rings. The molecule has 0 atom stereocenters. The van der Waals surface area contributed by atoms with Gasteiger partial charge in [0, 0.05) is 16.4 Å². The second-order valence-electron chi connectivity index (χ2n) is 3.69. The summed E-state index contributed by atoms with van der Waals surface area (Å²) in [5.74, 6) is -1.48. The molecule has 0 unspecified atom stereocenters. The summed E-state index contributed by atoms with van der Waals surface area (Å²) in [5.41, 5.74) is 0.753. The van der Waals surface area contributed by atoms with Gasteiger partial charge in [-0.15, -0.1) is 0 Å². The summed E-state index contributed by atoms with van der Waals surface area (Å²) < 4.78 is 0.445. The van der Waals surface area contributed by atoms with Gasteiger partial charge in [0.05, 0.1) is 10.6 Å². The number of amides is 1. The standard InChI is InChI=1S/C12H8BrClN2O3/c13-9-2-1-7(4-8(9)12(18)19)16-11(17)10-3-6(14)5-15-10/h1-5,15H,(H,16,17)(H,18,19). The molecule has 1 aromatic heterocycles. The molecule has 7 heteroatoms. The fourth-order valence-electron chi connectivity index (χ4n) is 1.46. The van der Waals surface area contributed by atoms with Crippen LogP contribution in [0, 0.1) is 0 Å². The second kappa shape index (κ2) is 5.46. The molecule has 0 saturated carbocycles. The molecule has 2 rings (SSSR count). The number of aromatic amines is 1. The van der Waals surface area contributed by atoms with Gasteiger partial charge >= 0.3 is 5.97 Å². The zero-order chi connectivity index (χ0) is 14.0. The first-order valence-corrected chi connectivity index (χ1v) is 6.32. The maximum absolute atomic E-state index is 11.8. The molecular weight excluding hydrogens is 336 g/mol. The molecule has 1 heterocycles. The van der Waals surface area contributed by atoms with E-state index < -0.39 is 11.9 Å². The monoisotopic (exact) mass is 342 g/mol. The fourth-order valence-corrected chi connectivity index (χ4v) is 2.04. The Hall–Kier alpha value is -1.79. The predicted octanol–water partition coefficient (Wildman–Crippen LogP) is 3.38. The average Bonchev–Trinajstić information content (AvgIpc) is 2.78. The van der Waals surface area contributed by atoms with Crippen LogP contribution in [0.1, 0.15) is 20.8 Å². The van der Waals surface area contributed by atoms with Gasteiger partial charge in [-0.25, -0.2) is 4.79 Å². The Balaban J connectivity index is 2.22. The number of carboxylic acid groups (broad SMARTS) is 1. The van der Waals surface area contributed by atoms with E-state index in [2.05, 4.69) is 26.2 Å². The summed E-state index contributed by atoms with van der Waals surface area (Å²) in [6.07, 6.45) is 1.49. The van der Waals surface area contributed by atoms with Crippen molar-refractivity contribution in [1.82, 2.24) is 4.98 Å². The molecule has 5 nitrogen and oxygen atoms in total. The summed E-state index contributed by atoms with van der Waals surface area (Å²) in [6.45, 7) is 0. The minimum atomic E-state index is -1.08.